The Balaban J connectivity index is 1.88. The first-order valence-electron chi connectivity index (χ1n) is 8.26. The van der Waals surface area contributed by atoms with Crippen LogP contribution in [0.2, 0.25) is 0 Å². The molecule has 0 radical (unpaired) electrons. The van der Waals surface area contributed by atoms with Crippen molar-refractivity contribution in [2.24, 2.45) is 0 Å². The van der Waals surface area contributed by atoms with Gasteiger partial charge in [-0.3, -0.25) is 4.79 Å². The molecule has 0 N–H and O–H groups in total. The van der Waals surface area contributed by atoms with E-state index in [9.17, 15) is 35.5 Å². The van der Waals surface area contributed by atoms with Gasteiger partial charge in [-0.15, -0.1) is 0 Å². The fraction of sp³-hybridized carbons (Fsp3) is 0.412. The van der Waals surface area contributed by atoms with E-state index in [1.807, 2.05) is 0 Å². The smallest absolute Gasteiger partial charge is 0.335 e. The number of hydrogen-bond donors (Lipinski definition) is 0. The highest BCUT2D eigenvalue weighted by Gasteiger charge is 2.44. The molecule has 3 rings (SSSR count). The molecule has 1 saturated heterocycles. The molecule has 1 fully saturated rings. The first kappa shape index (κ1) is 20.2. The molecule has 0 saturated carbocycles. The highest BCUT2D eigenvalue weighted by atomic mass is 19.4. The van der Waals surface area contributed by atoms with Crippen LogP contribution in [0.5, 0.6) is 0 Å². The van der Waals surface area contributed by atoms with Gasteiger partial charge in [-0.25, -0.2) is 9.07 Å². The van der Waals surface area contributed by atoms with Gasteiger partial charge in [0.2, 0.25) is 0 Å². The van der Waals surface area contributed by atoms with Crippen LogP contribution in [0.25, 0.3) is 5.69 Å². The SMILES string of the molecule is O=C(N1CCC(c2cc(C(F)(F)F)nn2-c2ccc(F)cc2)CC1)C(F)(F)F. The van der Waals surface area contributed by atoms with E-state index in [-0.39, 0.29) is 37.3 Å². The summed E-state index contributed by atoms with van der Waals surface area (Å²) in [6.07, 6.45) is -9.61. The highest BCUT2D eigenvalue weighted by molar-refractivity contribution is 5.81. The Labute approximate surface area is 154 Å². The predicted octanol–water partition coefficient (Wildman–Crippen LogP) is 4.30. The molecule has 0 bridgehead atoms. The number of rotatable bonds is 2. The number of aromatic nitrogens is 2. The molecule has 1 aliphatic rings. The zero-order valence-corrected chi connectivity index (χ0v) is 14.2. The number of carbonyl (C=O) groups is 1. The average molecular weight is 409 g/mol. The first-order chi connectivity index (χ1) is 13.0. The van der Waals surface area contributed by atoms with E-state index in [0.717, 1.165) is 22.9 Å². The lowest BCUT2D eigenvalue weighted by Gasteiger charge is -2.32. The number of likely N-dealkylation sites (tertiary alicyclic amines) is 1. The van der Waals surface area contributed by atoms with Crippen LogP contribution in [0.3, 0.4) is 0 Å². The second-order valence-electron chi connectivity index (χ2n) is 6.40. The molecular formula is C17H14F7N3O. The number of amides is 1. The van der Waals surface area contributed by atoms with Gasteiger partial charge in [-0.1, -0.05) is 0 Å². The molecule has 1 aromatic heterocycles. The Morgan fingerprint density at radius 3 is 2.07 bits per heavy atom. The molecule has 0 unspecified atom stereocenters. The molecule has 2 aromatic rings. The second-order valence-corrected chi connectivity index (χ2v) is 6.40. The summed E-state index contributed by atoms with van der Waals surface area (Å²) < 4.78 is 91.1. The summed E-state index contributed by atoms with van der Waals surface area (Å²) in [6.45, 7) is -0.474. The zero-order valence-electron chi connectivity index (χ0n) is 14.2. The number of alkyl halides is 6. The maximum atomic E-state index is 13.1. The van der Waals surface area contributed by atoms with Gasteiger partial charge in [0.1, 0.15) is 5.82 Å². The van der Waals surface area contributed by atoms with Crippen LogP contribution in [0.15, 0.2) is 30.3 Å². The molecule has 11 heteroatoms. The van der Waals surface area contributed by atoms with Gasteiger partial charge < -0.3 is 4.90 Å². The Bertz CT molecular complexity index is 847. The van der Waals surface area contributed by atoms with Crippen molar-refractivity contribution < 1.29 is 35.5 Å². The summed E-state index contributed by atoms with van der Waals surface area (Å²) in [6, 6.07) is 5.50. The molecule has 0 atom stereocenters. The van der Waals surface area contributed by atoms with Gasteiger partial charge in [0.25, 0.3) is 0 Å². The quantitative estimate of drug-likeness (QED) is 0.694. The minimum Gasteiger partial charge on any atom is -0.335 e. The molecule has 1 aromatic carbocycles. The molecule has 152 valence electrons. The van der Waals surface area contributed by atoms with E-state index >= 15 is 0 Å². The molecule has 0 aliphatic carbocycles. The van der Waals surface area contributed by atoms with Gasteiger partial charge in [0.05, 0.1) is 5.69 Å². The normalized spacial score (nSPS) is 16.5. The molecule has 2 heterocycles. The van der Waals surface area contributed by atoms with Crippen LogP contribution < -0.4 is 0 Å². The van der Waals surface area contributed by atoms with Crippen LogP contribution in [0, 0.1) is 5.82 Å². The van der Waals surface area contributed by atoms with Crippen LogP contribution in [0.1, 0.15) is 30.1 Å². The van der Waals surface area contributed by atoms with Crippen LogP contribution >= 0.6 is 0 Å². The molecular weight excluding hydrogens is 395 g/mol. The van der Waals surface area contributed by atoms with Crippen LogP contribution in [-0.2, 0) is 11.0 Å². The summed E-state index contributed by atoms with van der Waals surface area (Å²) in [5.74, 6) is -3.08. The number of hydrogen-bond acceptors (Lipinski definition) is 2. The number of halogens is 7. The van der Waals surface area contributed by atoms with Crippen molar-refractivity contribution in [3.05, 3.63) is 47.5 Å². The van der Waals surface area contributed by atoms with Crippen LogP contribution in [0.4, 0.5) is 30.7 Å². The number of nitrogens with zero attached hydrogens (tertiary/aromatic N) is 3. The van der Waals surface area contributed by atoms with E-state index in [0.29, 0.717) is 4.90 Å². The van der Waals surface area contributed by atoms with Crippen molar-refractivity contribution in [3.8, 4) is 5.69 Å². The maximum Gasteiger partial charge on any atom is 0.471 e. The number of benzene rings is 1. The monoisotopic (exact) mass is 409 g/mol. The Morgan fingerprint density at radius 1 is 1.00 bits per heavy atom. The van der Waals surface area contributed by atoms with Crippen molar-refractivity contribution >= 4 is 5.91 Å². The van der Waals surface area contributed by atoms with E-state index in [4.69, 9.17) is 0 Å². The minimum absolute atomic E-state index is 0.0476. The van der Waals surface area contributed by atoms with Crippen molar-refractivity contribution in [1.82, 2.24) is 14.7 Å². The molecule has 1 amide bonds. The van der Waals surface area contributed by atoms with Gasteiger partial charge in [0, 0.05) is 24.7 Å². The lowest BCUT2D eigenvalue weighted by Crippen LogP contribution is -2.45. The average Bonchev–Trinajstić information content (AvgIpc) is 3.07. The minimum atomic E-state index is -4.99. The van der Waals surface area contributed by atoms with Crippen molar-refractivity contribution in [2.45, 2.75) is 31.1 Å². The van der Waals surface area contributed by atoms with E-state index in [1.165, 1.54) is 12.1 Å². The highest BCUT2D eigenvalue weighted by Crippen LogP contribution is 2.36. The Kier molecular flexibility index (Phi) is 5.11. The number of piperidine rings is 1. The molecule has 4 nitrogen and oxygen atoms in total. The predicted molar refractivity (Wildman–Crippen MR) is 83.1 cm³/mol. The van der Waals surface area contributed by atoms with E-state index in [2.05, 4.69) is 5.10 Å². The van der Waals surface area contributed by atoms with Crippen molar-refractivity contribution in [3.63, 3.8) is 0 Å². The van der Waals surface area contributed by atoms with Gasteiger partial charge in [-0.2, -0.15) is 31.4 Å². The summed E-state index contributed by atoms with van der Waals surface area (Å²) in [4.78, 5) is 12.0. The van der Waals surface area contributed by atoms with E-state index in [1.54, 1.807) is 0 Å². The summed E-state index contributed by atoms with van der Waals surface area (Å²) >= 11 is 0. The van der Waals surface area contributed by atoms with Crippen molar-refractivity contribution in [1.29, 1.82) is 0 Å². The van der Waals surface area contributed by atoms with Crippen molar-refractivity contribution in [2.75, 3.05) is 13.1 Å². The van der Waals surface area contributed by atoms with Gasteiger partial charge in [-0.05, 0) is 43.2 Å². The van der Waals surface area contributed by atoms with Gasteiger partial charge >= 0.3 is 18.3 Å². The number of carbonyl (C=O) groups excluding carboxylic acids is 1. The molecule has 1 aliphatic heterocycles. The standard InChI is InChI=1S/C17H14F7N3O/c18-11-1-3-12(4-2-11)27-13(9-14(25-27)16(19,20)21)10-5-7-26(8-6-10)15(28)17(22,23)24/h1-4,9-10H,5-8H2. The molecule has 28 heavy (non-hydrogen) atoms. The largest absolute Gasteiger partial charge is 0.471 e. The van der Waals surface area contributed by atoms with E-state index < -0.39 is 35.7 Å². The third-order valence-electron chi connectivity index (χ3n) is 4.54. The fourth-order valence-electron chi connectivity index (χ4n) is 3.17. The summed E-state index contributed by atoms with van der Waals surface area (Å²) in [5, 5.41) is 3.56. The Hall–Kier alpha value is -2.59. The summed E-state index contributed by atoms with van der Waals surface area (Å²) in [7, 11) is 0. The third-order valence-corrected chi connectivity index (χ3v) is 4.54. The first-order valence-corrected chi connectivity index (χ1v) is 8.26. The third kappa shape index (κ3) is 4.12. The maximum absolute atomic E-state index is 13.1. The topological polar surface area (TPSA) is 38.1 Å². The fourth-order valence-corrected chi connectivity index (χ4v) is 3.17. The summed E-state index contributed by atoms with van der Waals surface area (Å²) in [5.41, 5.74) is -0.806. The zero-order chi connectivity index (χ0) is 20.7. The second kappa shape index (κ2) is 7.10. The lowest BCUT2D eigenvalue weighted by molar-refractivity contribution is -0.186. The Morgan fingerprint density at radius 2 is 1.57 bits per heavy atom. The molecule has 0 spiro atoms. The van der Waals surface area contributed by atoms with Crippen LogP contribution in [-0.4, -0.2) is 39.9 Å². The lowest BCUT2D eigenvalue weighted by atomic mass is 9.93. The van der Waals surface area contributed by atoms with Gasteiger partial charge in [0.15, 0.2) is 5.69 Å².